The first kappa shape index (κ1) is 13.8. The molecule has 0 aliphatic carbocycles. The first-order valence-corrected chi connectivity index (χ1v) is 6.85. The summed E-state index contributed by atoms with van der Waals surface area (Å²) in [5.41, 5.74) is 0. The Bertz CT molecular complexity index is 296. The van der Waals surface area contributed by atoms with Gasteiger partial charge in [-0.05, 0) is 26.8 Å². The van der Waals surface area contributed by atoms with Crippen molar-refractivity contribution in [2.45, 2.75) is 32.0 Å². The summed E-state index contributed by atoms with van der Waals surface area (Å²) in [4.78, 5) is 16.4. The minimum absolute atomic E-state index is 0.0897. The lowest BCUT2D eigenvalue weighted by atomic mass is 9.93. The van der Waals surface area contributed by atoms with E-state index in [1.165, 1.54) is 0 Å². The van der Waals surface area contributed by atoms with Crippen LogP contribution >= 0.6 is 0 Å². The Morgan fingerprint density at radius 1 is 1.39 bits per heavy atom. The first-order chi connectivity index (χ1) is 8.58. The monoisotopic (exact) mass is 256 g/mol. The number of aliphatic hydroxyl groups is 1. The molecule has 0 spiro atoms. The van der Waals surface area contributed by atoms with Gasteiger partial charge in [0.2, 0.25) is 0 Å². The molecular weight excluding hydrogens is 232 g/mol. The fourth-order valence-corrected chi connectivity index (χ4v) is 2.73. The quantitative estimate of drug-likeness (QED) is 0.752. The van der Waals surface area contributed by atoms with Crippen molar-refractivity contribution in [3.05, 3.63) is 0 Å². The summed E-state index contributed by atoms with van der Waals surface area (Å²) < 4.78 is 5.56. The van der Waals surface area contributed by atoms with Gasteiger partial charge in [0.25, 0.3) is 5.91 Å². The number of nitrogens with zero attached hydrogens (tertiary/aromatic N) is 2. The summed E-state index contributed by atoms with van der Waals surface area (Å²) in [6.45, 7) is 5.46. The Morgan fingerprint density at radius 3 is 2.83 bits per heavy atom. The molecule has 2 aliphatic rings. The van der Waals surface area contributed by atoms with Crippen molar-refractivity contribution in [3.8, 4) is 0 Å². The van der Waals surface area contributed by atoms with Crippen molar-refractivity contribution in [3.63, 3.8) is 0 Å². The predicted molar refractivity (Wildman–Crippen MR) is 68.2 cm³/mol. The number of hydrogen-bond donors (Lipinski definition) is 1. The van der Waals surface area contributed by atoms with Gasteiger partial charge in [-0.1, -0.05) is 0 Å². The molecule has 0 bridgehead atoms. The molecule has 3 unspecified atom stereocenters. The van der Waals surface area contributed by atoms with Crippen molar-refractivity contribution in [1.29, 1.82) is 0 Å². The van der Waals surface area contributed by atoms with E-state index in [0.717, 1.165) is 25.9 Å². The maximum atomic E-state index is 12.4. The van der Waals surface area contributed by atoms with E-state index in [0.29, 0.717) is 19.7 Å². The molecule has 2 fully saturated rings. The maximum Gasteiger partial charge on any atom is 0.253 e. The van der Waals surface area contributed by atoms with Gasteiger partial charge < -0.3 is 19.6 Å². The van der Waals surface area contributed by atoms with Gasteiger partial charge in [0.05, 0.1) is 12.7 Å². The average molecular weight is 256 g/mol. The van der Waals surface area contributed by atoms with Crippen LogP contribution in [-0.4, -0.2) is 72.9 Å². The van der Waals surface area contributed by atoms with Crippen LogP contribution in [0.3, 0.4) is 0 Å². The average Bonchev–Trinajstić information content (AvgIpc) is 2.38. The number of carbonyl (C=O) groups is 1. The van der Waals surface area contributed by atoms with E-state index in [2.05, 4.69) is 4.90 Å². The molecule has 2 heterocycles. The molecule has 0 saturated carbocycles. The molecule has 1 N–H and O–H groups in total. The minimum atomic E-state index is -0.337. The lowest BCUT2D eigenvalue weighted by molar-refractivity contribution is -0.151. The van der Waals surface area contributed by atoms with Crippen LogP contribution in [0, 0.1) is 5.92 Å². The summed E-state index contributed by atoms with van der Waals surface area (Å²) in [7, 11) is 2.01. The van der Waals surface area contributed by atoms with E-state index in [9.17, 15) is 9.90 Å². The highest BCUT2D eigenvalue weighted by Crippen LogP contribution is 2.21. The van der Waals surface area contributed by atoms with E-state index >= 15 is 0 Å². The summed E-state index contributed by atoms with van der Waals surface area (Å²) in [6, 6.07) is 0. The standard InChI is InChI=1S/C13H24N2O3/c1-10(16)11-4-3-5-15(8-11)13(17)12-9-14(2)6-7-18-12/h10-12,16H,3-9H2,1-2H3. The van der Waals surface area contributed by atoms with Gasteiger partial charge in [-0.15, -0.1) is 0 Å². The number of piperidine rings is 1. The van der Waals surface area contributed by atoms with E-state index in [1.807, 2.05) is 18.9 Å². The fraction of sp³-hybridized carbons (Fsp3) is 0.923. The number of likely N-dealkylation sites (tertiary alicyclic amines) is 1. The van der Waals surface area contributed by atoms with Gasteiger partial charge in [0.1, 0.15) is 6.10 Å². The normalized spacial score (nSPS) is 32.3. The number of carbonyl (C=O) groups excluding carboxylic acids is 1. The molecule has 18 heavy (non-hydrogen) atoms. The first-order valence-electron chi connectivity index (χ1n) is 6.85. The van der Waals surface area contributed by atoms with E-state index < -0.39 is 0 Å². The maximum absolute atomic E-state index is 12.4. The van der Waals surface area contributed by atoms with Crippen LogP contribution in [0.5, 0.6) is 0 Å². The molecule has 0 radical (unpaired) electrons. The predicted octanol–water partition coefficient (Wildman–Crippen LogP) is -0.0636. The van der Waals surface area contributed by atoms with Crippen LogP contribution in [0.15, 0.2) is 0 Å². The molecule has 0 aromatic carbocycles. The second-order valence-electron chi connectivity index (χ2n) is 5.55. The van der Waals surface area contributed by atoms with Crippen LogP contribution in [0.1, 0.15) is 19.8 Å². The van der Waals surface area contributed by atoms with Crippen LogP contribution in [-0.2, 0) is 9.53 Å². The van der Waals surface area contributed by atoms with Gasteiger partial charge in [0.15, 0.2) is 0 Å². The van der Waals surface area contributed by atoms with Crippen LogP contribution < -0.4 is 0 Å². The topological polar surface area (TPSA) is 53.0 Å². The smallest absolute Gasteiger partial charge is 0.253 e. The number of aliphatic hydroxyl groups excluding tert-OH is 1. The molecule has 2 saturated heterocycles. The zero-order chi connectivity index (χ0) is 13.1. The van der Waals surface area contributed by atoms with Crippen molar-refractivity contribution >= 4 is 5.91 Å². The fourth-order valence-electron chi connectivity index (χ4n) is 2.73. The molecule has 5 nitrogen and oxygen atoms in total. The molecule has 2 aliphatic heterocycles. The van der Waals surface area contributed by atoms with Crippen molar-refractivity contribution in [2.24, 2.45) is 5.92 Å². The second-order valence-corrected chi connectivity index (χ2v) is 5.55. The highest BCUT2D eigenvalue weighted by molar-refractivity contribution is 5.81. The highest BCUT2D eigenvalue weighted by Gasteiger charge is 2.32. The van der Waals surface area contributed by atoms with Crippen molar-refractivity contribution in [2.75, 3.05) is 39.8 Å². The molecule has 1 amide bonds. The SMILES string of the molecule is CC(O)C1CCCN(C(=O)C2CN(C)CCO2)C1. The van der Waals surface area contributed by atoms with Crippen LogP contribution in [0.25, 0.3) is 0 Å². The molecule has 0 aromatic rings. The Labute approximate surface area is 109 Å². The Kier molecular flexibility index (Phi) is 4.59. The summed E-state index contributed by atoms with van der Waals surface area (Å²) >= 11 is 0. The molecule has 5 heteroatoms. The lowest BCUT2D eigenvalue weighted by Crippen LogP contribution is -2.52. The molecule has 3 atom stereocenters. The van der Waals surface area contributed by atoms with Gasteiger partial charge in [-0.25, -0.2) is 0 Å². The largest absolute Gasteiger partial charge is 0.393 e. The van der Waals surface area contributed by atoms with Gasteiger partial charge >= 0.3 is 0 Å². The highest BCUT2D eigenvalue weighted by atomic mass is 16.5. The molecule has 2 rings (SSSR count). The Morgan fingerprint density at radius 2 is 2.17 bits per heavy atom. The van der Waals surface area contributed by atoms with Gasteiger partial charge in [-0.2, -0.15) is 0 Å². The third kappa shape index (κ3) is 3.22. The molecule has 104 valence electrons. The van der Waals surface area contributed by atoms with Gasteiger partial charge in [-0.3, -0.25) is 4.79 Å². The Balaban J connectivity index is 1.91. The summed E-state index contributed by atoms with van der Waals surface area (Å²) in [5.74, 6) is 0.302. The number of amides is 1. The minimum Gasteiger partial charge on any atom is -0.393 e. The number of hydrogen-bond acceptors (Lipinski definition) is 4. The van der Waals surface area contributed by atoms with Crippen molar-refractivity contribution < 1.29 is 14.6 Å². The van der Waals surface area contributed by atoms with E-state index in [1.54, 1.807) is 0 Å². The molecule has 0 aromatic heterocycles. The van der Waals surface area contributed by atoms with Crippen LogP contribution in [0.4, 0.5) is 0 Å². The number of ether oxygens (including phenoxy) is 1. The van der Waals surface area contributed by atoms with Crippen molar-refractivity contribution in [1.82, 2.24) is 9.80 Å². The van der Waals surface area contributed by atoms with E-state index in [-0.39, 0.29) is 24.0 Å². The van der Waals surface area contributed by atoms with Gasteiger partial charge in [0, 0.05) is 32.1 Å². The number of rotatable bonds is 2. The number of morpholine rings is 1. The lowest BCUT2D eigenvalue weighted by Gasteiger charge is -2.38. The summed E-state index contributed by atoms with van der Waals surface area (Å²) in [5, 5.41) is 9.65. The zero-order valence-electron chi connectivity index (χ0n) is 11.3. The second kappa shape index (κ2) is 5.99. The third-order valence-corrected chi connectivity index (χ3v) is 4.00. The number of likely N-dealkylation sites (N-methyl/N-ethyl adjacent to an activating group) is 1. The third-order valence-electron chi connectivity index (χ3n) is 4.00. The van der Waals surface area contributed by atoms with E-state index in [4.69, 9.17) is 4.74 Å². The zero-order valence-corrected chi connectivity index (χ0v) is 11.3. The van der Waals surface area contributed by atoms with Crippen LogP contribution in [0.2, 0.25) is 0 Å². The molecular formula is C13H24N2O3. The Hall–Kier alpha value is -0.650. The summed E-state index contributed by atoms with van der Waals surface area (Å²) in [6.07, 6.45) is 1.32.